The van der Waals surface area contributed by atoms with Gasteiger partial charge in [0.2, 0.25) is 0 Å². The largest absolute Gasteiger partial charge is 0.335 e. The molecule has 1 aliphatic carbocycles. The molecule has 17 heavy (non-hydrogen) atoms. The second kappa shape index (κ2) is 6.20. The van der Waals surface area contributed by atoms with Gasteiger partial charge in [0.1, 0.15) is 5.82 Å². The normalized spacial score (nSPS) is 24.4. The van der Waals surface area contributed by atoms with E-state index in [0.29, 0.717) is 0 Å². The quantitative estimate of drug-likeness (QED) is 0.821. The first-order valence-corrected chi connectivity index (χ1v) is 7.05. The van der Waals surface area contributed by atoms with E-state index in [4.69, 9.17) is 0 Å². The zero-order chi connectivity index (χ0) is 12.1. The number of aromatic nitrogens is 2. The fraction of sp³-hybridized carbons (Fsp3) is 0.786. The molecule has 1 saturated carbocycles. The molecule has 0 aromatic carbocycles. The molecule has 2 unspecified atom stereocenters. The molecule has 2 rings (SSSR count). The van der Waals surface area contributed by atoms with Gasteiger partial charge in [-0.1, -0.05) is 13.3 Å². The van der Waals surface area contributed by atoms with Crippen LogP contribution in [0.4, 0.5) is 0 Å². The maximum atomic E-state index is 4.51. The molecule has 3 heteroatoms. The number of aryl methyl sites for hydroxylation is 1. The summed E-state index contributed by atoms with van der Waals surface area (Å²) in [6, 6.07) is 0. The average molecular weight is 235 g/mol. The van der Waals surface area contributed by atoms with E-state index in [2.05, 4.69) is 34.9 Å². The van der Waals surface area contributed by atoms with Crippen molar-refractivity contribution in [2.45, 2.75) is 46.1 Å². The van der Waals surface area contributed by atoms with Gasteiger partial charge in [-0.3, -0.25) is 0 Å². The summed E-state index contributed by atoms with van der Waals surface area (Å²) in [5.74, 6) is 2.97. The highest BCUT2D eigenvalue weighted by molar-refractivity contribution is 4.96. The molecule has 3 nitrogen and oxygen atoms in total. The van der Waals surface area contributed by atoms with Crippen LogP contribution in [0.3, 0.4) is 0 Å². The lowest BCUT2D eigenvalue weighted by molar-refractivity contribution is 0.359. The molecule has 1 aliphatic rings. The van der Waals surface area contributed by atoms with E-state index in [1.165, 1.54) is 31.6 Å². The van der Waals surface area contributed by atoms with E-state index in [0.717, 1.165) is 31.3 Å². The van der Waals surface area contributed by atoms with Crippen LogP contribution in [0.1, 0.15) is 38.9 Å². The van der Waals surface area contributed by atoms with Crippen molar-refractivity contribution in [3.63, 3.8) is 0 Å². The lowest BCUT2D eigenvalue weighted by Gasteiger charge is -2.19. The van der Waals surface area contributed by atoms with E-state index >= 15 is 0 Å². The topological polar surface area (TPSA) is 29.9 Å². The van der Waals surface area contributed by atoms with Crippen LogP contribution in [-0.2, 0) is 13.0 Å². The van der Waals surface area contributed by atoms with Crippen molar-refractivity contribution in [3.05, 3.63) is 18.2 Å². The summed E-state index contributed by atoms with van der Waals surface area (Å²) in [6.07, 6.45) is 9.37. The van der Waals surface area contributed by atoms with Gasteiger partial charge in [0, 0.05) is 25.4 Å². The molecule has 2 atom stereocenters. The first kappa shape index (κ1) is 12.6. The van der Waals surface area contributed by atoms with Crippen molar-refractivity contribution in [1.82, 2.24) is 14.9 Å². The zero-order valence-corrected chi connectivity index (χ0v) is 11.2. The van der Waals surface area contributed by atoms with Crippen molar-refractivity contribution >= 4 is 0 Å². The third kappa shape index (κ3) is 3.09. The summed E-state index contributed by atoms with van der Waals surface area (Å²) in [7, 11) is 0. The minimum absolute atomic E-state index is 0.835. The highest BCUT2D eigenvalue weighted by Crippen LogP contribution is 2.33. The van der Waals surface area contributed by atoms with Crippen molar-refractivity contribution in [2.24, 2.45) is 11.8 Å². The van der Waals surface area contributed by atoms with Gasteiger partial charge in [0.25, 0.3) is 0 Å². The van der Waals surface area contributed by atoms with E-state index in [1.54, 1.807) is 0 Å². The van der Waals surface area contributed by atoms with Crippen LogP contribution in [0.25, 0.3) is 0 Å². The molecule has 1 aromatic rings. The Kier molecular flexibility index (Phi) is 4.60. The van der Waals surface area contributed by atoms with Crippen LogP contribution in [0.2, 0.25) is 0 Å². The highest BCUT2D eigenvalue weighted by atomic mass is 15.1. The molecule has 0 bridgehead atoms. The predicted octanol–water partition coefficient (Wildman–Crippen LogP) is 2.47. The maximum Gasteiger partial charge on any atom is 0.108 e. The van der Waals surface area contributed by atoms with Crippen LogP contribution in [0.5, 0.6) is 0 Å². The third-order valence-electron chi connectivity index (χ3n) is 4.06. The molecular weight excluding hydrogens is 210 g/mol. The Hall–Kier alpha value is -0.830. The van der Waals surface area contributed by atoms with Gasteiger partial charge < -0.3 is 9.88 Å². The van der Waals surface area contributed by atoms with Crippen molar-refractivity contribution in [1.29, 1.82) is 0 Å². The Balaban J connectivity index is 1.93. The van der Waals surface area contributed by atoms with E-state index in [9.17, 15) is 0 Å². The van der Waals surface area contributed by atoms with Crippen molar-refractivity contribution < 1.29 is 0 Å². The molecule has 1 heterocycles. The SMILES string of the molecule is CCNCC1CCCC1Cc1nccn1CC. The lowest BCUT2D eigenvalue weighted by Crippen LogP contribution is -2.26. The van der Waals surface area contributed by atoms with Gasteiger partial charge in [-0.2, -0.15) is 0 Å². The molecule has 0 radical (unpaired) electrons. The smallest absolute Gasteiger partial charge is 0.108 e. The summed E-state index contributed by atoms with van der Waals surface area (Å²) in [5.41, 5.74) is 0. The fourth-order valence-electron chi connectivity index (χ4n) is 3.03. The van der Waals surface area contributed by atoms with Gasteiger partial charge >= 0.3 is 0 Å². The molecule has 96 valence electrons. The molecular formula is C14H25N3. The number of hydrogen-bond acceptors (Lipinski definition) is 2. The monoisotopic (exact) mass is 235 g/mol. The number of nitrogens with one attached hydrogen (secondary N) is 1. The molecule has 0 spiro atoms. The van der Waals surface area contributed by atoms with Crippen LogP contribution in [0.15, 0.2) is 12.4 Å². The summed E-state index contributed by atoms with van der Waals surface area (Å²) in [5, 5.41) is 3.50. The zero-order valence-electron chi connectivity index (χ0n) is 11.2. The average Bonchev–Trinajstić information content (AvgIpc) is 2.96. The summed E-state index contributed by atoms with van der Waals surface area (Å²) >= 11 is 0. The second-order valence-corrected chi connectivity index (χ2v) is 5.09. The summed E-state index contributed by atoms with van der Waals surface area (Å²) < 4.78 is 2.28. The van der Waals surface area contributed by atoms with Crippen LogP contribution < -0.4 is 5.32 Å². The first-order chi connectivity index (χ1) is 8.35. The Morgan fingerprint density at radius 3 is 2.94 bits per heavy atom. The highest BCUT2D eigenvalue weighted by Gasteiger charge is 2.27. The molecule has 0 saturated heterocycles. The Morgan fingerprint density at radius 1 is 1.35 bits per heavy atom. The van der Waals surface area contributed by atoms with E-state index in [1.807, 2.05) is 6.20 Å². The standard InChI is InChI=1S/C14H25N3/c1-3-15-11-13-7-5-6-12(13)10-14-16-8-9-17(14)4-2/h8-9,12-13,15H,3-7,10-11H2,1-2H3. The molecule has 1 N–H and O–H groups in total. The predicted molar refractivity (Wildman–Crippen MR) is 71.0 cm³/mol. The van der Waals surface area contributed by atoms with Gasteiger partial charge in [-0.15, -0.1) is 0 Å². The minimum Gasteiger partial charge on any atom is -0.335 e. The molecule has 0 amide bonds. The maximum absolute atomic E-state index is 4.51. The van der Waals surface area contributed by atoms with Gasteiger partial charge in [0.05, 0.1) is 0 Å². The van der Waals surface area contributed by atoms with Gasteiger partial charge in [0.15, 0.2) is 0 Å². The number of nitrogens with zero attached hydrogens (tertiary/aromatic N) is 2. The van der Waals surface area contributed by atoms with Crippen LogP contribution in [0, 0.1) is 11.8 Å². The van der Waals surface area contributed by atoms with Crippen LogP contribution in [-0.4, -0.2) is 22.6 Å². The molecule has 0 aliphatic heterocycles. The lowest BCUT2D eigenvalue weighted by atomic mass is 9.92. The Bertz CT molecular complexity index is 332. The summed E-state index contributed by atoms with van der Waals surface area (Å²) in [6.45, 7) is 7.70. The second-order valence-electron chi connectivity index (χ2n) is 5.09. The first-order valence-electron chi connectivity index (χ1n) is 7.05. The van der Waals surface area contributed by atoms with E-state index < -0.39 is 0 Å². The summed E-state index contributed by atoms with van der Waals surface area (Å²) in [4.78, 5) is 4.51. The number of rotatable bonds is 6. The fourth-order valence-corrected chi connectivity index (χ4v) is 3.03. The minimum atomic E-state index is 0.835. The van der Waals surface area contributed by atoms with Gasteiger partial charge in [-0.05, 0) is 44.7 Å². The van der Waals surface area contributed by atoms with Gasteiger partial charge in [-0.25, -0.2) is 4.98 Å². The Labute approximate surface area is 105 Å². The molecule has 1 aromatic heterocycles. The number of hydrogen-bond donors (Lipinski definition) is 1. The van der Waals surface area contributed by atoms with E-state index in [-0.39, 0.29) is 0 Å². The Morgan fingerprint density at radius 2 is 2.18 bits per heavy atom. The number of imidazole rings is 1. The third-order valence-corrected chi connectivity index (χ3v) is 4.06. The molecule has 1 fully saturated rings. The van der Waals surface area contributed by atoms with Crippen molar-refractivity contribution in [3.8, 4) is 0 Å². The van der Waals surface area contributed by atoms with Crippen LogP contribution >= 0.6 is 0 Å². The van der Waals surface area contributed by atoms with Crippen molar-refractivity contribution in [2.75, 3.05) is 13.1 Å².